The fourth-order valence-corrected chi connectivity index (χ4v) is 3.66. The number of likely N-dealkylation sites (tertiary alicyclic amines) is 1. The van der Waals surface area contributed by atoms with E-state index in [2.05, 4.69) is 48.3 Å². The number of amides is 1. The molecule has 2 aliphatic heterocycles. The summed E-state index contributed by atoms with van der Waals surface area (Å²) in [5.74, 6) is 0.291. The minimum atomic E-state index is -0.0482. The molecular weight excluding hydrogens is 248 g/mol. The normalized spacial score (nSPS) is 29.9. The van der Waals surface area contributed by atoms with E-state index in [0.717, 1.165) is 25.8 Å². The van der Waals surface area contributed by atoms with E-state index in [1.54, 1.807) is 0 Å². The summed E-state index contributed by atoms with van der Waals surface area (Å²) in [6, 6.07) is 9.15. The molecule has 0 saturated carbocycles. The van der Waals surface area contributed by atoms with Gasteiger partial charge in [-0.2, -0.15) is 0 Å². The van der Waals surface area contributed by atoms with Crippen molar-refractivity contribution in [2.24, 2.45) is 0 Å². The number of piperidine rings is 1. The van der Waals surface area contributed by atoms with Crippen LogP contribution < -0.4 is 5.32 Å². The van der Waals surface area contributed by atoms with Crippen molar-refractivity contribution >= 4 is 5.91 Å². The van der Waals surface area contributed by atoms with Gasteiger partial charge in [-0.1, -0.05) is 24.3 Å². The van der Waals surface area contributed by atoms with Crippen LogP contribution >= 0.6 is 0 Å². The maximum absolute atomic E-state index is 12.8. The molecule has 1 fully saturated rings. The van der Waals surface area contributed by atoms with Crippen LogP contribution in [0.2, 0.25) is 0 Å². The van der Waals surface area contributed by atoms with E-state index in [1.807, 2.05) is 0 Å². The topological polar surface area (TPSA) is 32.3 Å². The van der Waals surface area contributed by atoms with Gasteiger partial charge >= 0.3 is 0 Å². The second-order valence-electron chi connectivity index (χ2n) is 6.28. The molecule has 2 unspecified atom stereocenters. The number of hydrogen-bond donors (Lipinski definition) is 1. The lowest BCUT2D eigenvalue weighted by Crippen LogP contribution is -2.56. The van der Waals surface area contributed by atoms with Gasteiger partial charge < -0.3 is 10.2 Å². The van der Waals surface area contributed by atoms with Crippen LogP contribution in [-0.4, -0.2) is 28.9 Å². The molecule has 1 saturated heterocycles. The average Bonchev–Trinajstić information content (AvgIpc) is 2.46. The van der Waals surface area contributed by atoms with Gasteiger partial charge in [0.2, 0.25) is 5.91 Å². The molecule has 1 N–H and O–H groups in total. The number of carbonyl (C=O) groups excluding carboxylic acids is 1. The van der Waals surface area contributed by atoms with Crippen LogP contribution in [-0.2, 0) is 17.8 Å². The summed E-state index contributed by atoms with van der Waals surface area (Å²) < 4.78 is 0. The van der Waals surface area contributed by atoms with Gasteiger partial charge in [-0.25, -0.2) is 0 Å². The lowest BCUT2D eigenvalue weighted by molar-refractivity contribution is -0.139. The Bertz CT molecular complexity index is 490. The minimum Gasteiger partial charge on any atom is -0.336 e. The number of fused-ring (bicyclic) bond motifs is 1. The van der Waals surface area contributed by atoms with Crippen molar-refractivity contribution in [3.8, 4) is 0 Å². The molecule has 1 amide bonds. The van der Waals surface area contributed by atoms with Crippen LogP contribution in [0.3, 0.4) is 0 Å². The molecule has 3 atom stereocenters. The second kappa shape index (κ2) is 5.57. The lowest BCUT2D eigenvalue weighted by Gasteiger charge is -2.41. The van der Waals surface area contributed by atoms with Crippen molar-refractivity contribution in [3.63, 3.8) is 0 Å². The predicted octanol–water partition coefficient (Wildman–Crippen LogP) is 2.49. The van der Waals surface area contributed by atoms with E-state index in [1.165, 1.54) is 17.5 Å². The Balaban J connectivity index is 1.75. The standard InChI is InChI=1S/C17H24N2O/c1-12-6-5-7-13(2)19(12)17(20)16-10-14-8-3-4-9-15(14)11-18-16/h3-4,8-9,12-13,16,18H,5-7,10-11H2,1-2H3/t12?,13?,16-/m0/s1. The number of carbonyl (C=O) groups is 1. The van der Waals surface area contributed by atoms with Gasteiger partial charge in [0.1, 0.15) is 0 Å². The summed E-state index contributed by atoms with van der Waals surface area (Å²) in [5, 5.41) is 3.42. The summed E-state index contributed by atoms with van der Waals surface area (Å²) in [6.45, 7) is 5.18. The molecule has 0 radical (unpaired) electrons. The fraction of sp³-hybridized carbons (Fsp3) is 0.588. The average molecular weight is 272 g/mol. The van der Waals surface area contributed by atoms with Crippen molar-refractivity contribution in [2.75, 3.05) is 0 Å². The molecule has 0 spiro atoms. The van der Waals surface area contributed by atoms with Gasteiger partial charge in [0, 0.05) is 18.6 Å². The first-order chi connectivity index (χ1) is 9.66. The van der Waals surface area contributed by atoms with Crippen LogP contribution in [0.25, 0.3) is 0 Å². The SMILES string of the molecule is CC1CCCC(C)N1C(=O)[C@@H]1Cc2ccccc2CN1. The van der Waals surface area contributed by atoms with Gasteiger partial charge in [-0.05, 0) is 50.7 Å². The van der Waals surface area contributed by atoms with Gasteiger partial charge in [-0.15, -0.1) is 0 Å². The van der Waals surface area contributed by atoms with Crippen LogP contribution in [0, 0.1) is 0 Å². The molecule has 108 valence electrons. The van der Waals surface area contributed by atoms with E-state index in [9.17, 15) is 4.79 Å². The zero-order valence-electron chi connectivity index (χ0n) is 12.4. The summed E-state index contributed by atoms with van der Waals surface area (Å²) >= 11 is 0. The smallest absolute Gasteiger partial charge is 0.240 e. The number of nitrogens with zero attached hydrogens (tertiary/aromatic N) is 1. The van der Waals surface area contributed by atoms with Crippen LogP contribution in [0.15, 0.2) is 24.3 Å². The van der Waals surface area contributed by atoms with Crippen molar-refractivity contribution in [2.45, 2.75) is 64.2 Å². The number of rotatable bonds is 1. The molecule has 2 aliphatic rings. The Labute approximate surface area is 121 Å². The lowest BCUT2D eigenvalue weighted by atomic mass is 9.92. The van der Waals surface area contributed by atoms with Gasteiger partial charge in [-0.3, -0.25) is 4.79 Å². The third-order valence-corrected chi connectivity index (χ3v) is 4.83. The number of hydrogen-bond acceptors (Lipinski definition) is 2. The van der Waals surface area contributed by atoms with Gasteiger partial charge in [0.25, 0.3) is 0 Å². The van der Waals surface area contributed by atoms with Crippen molar-refractivity contribution < 1.29 is 4.79 Å². The third-order valence-electron chi connectivity index (χ3n) is 4.83. The first-order valence-electron chi connectivity index (χ1n) is 7.79. The highest BCUT2D eigenvalue weighted by Crippen LogP contribution is 2.25. The largest absolute Gasteiger partial charge is 0.336 e. The maximum Gasteiger partial charge on any atom is 0.240 e. The molecule has 3 nitrogen and oxygen atoms in total. The van der Waals surface area contributed by atoms with Crippen LogP contribution in [0.4, 0.5) is 0 Å². The minimum absolute atomic E-state index is 0.0482. The predicted molar refractivity (Wildman–Crippen MR) is 80.4 cm³/mol. The monoisotopic (exact) mass is 272 g/mol. The van der Waals surface area contributed by atoms with E-state index in [-0.39, 0.29) is 6.04 Å². The summed E-state index contributed by atoms with van der Waals surface area (Å²) in [4.78, 5) is 15.0. The summed E-state index contributed by atoms with van der Waals surface area (Å²) in [7, 11) is 0. The van der Waals surface area contributed by atoms with E-state index in [0.29, 0.717) is 18.0 Å². The Kier molecular flexibility index (Phi) is 3.79. The number of benzene rings is 1. The molecule has 0 aliphatic carbocycles. The van der Waals surface area contributed by atoms with Crippen molar-refractivity contribution in [1.82, 2.24) is 10.2 Å². The Morgan fingerprint density at radius 3 is 2.50 bits per heavy atom. The third kappa shape index (κ3) is 2.47. The molecule has 20 heavy (non-hydrogen) atoms. The molecule has 3 heteroatoms. The second-order valence-corrected chi connectivity index (χ2v) is 6.28. The molecule has 2 heterocycles. The summed E-state index contributed by atoms with van der Waals surface area (Å²) in [5.41, 5.74) is 2.65. The maximum atomic E-state index is 12.8. The number of nitrogens with one attached hydrogen (secondary N) is 1. The zero-order valence-corrected chi connectivity index (χ0v) is 12.4. The molecule has 1 aromatic carbocycles. The van der Waals surface area contributed by atoms with Crippen LogP contribution in [0.1, 0.15) is 44.2 Å². The fourth-order valence-electron chi connectivity index (χ4n) is 3.66. The van der Waals surface area contributed by atoms with Crippen molar-refractivity contribution in [3.05, 3.63) is 35.4 Å². The Hall–Kier alpha value is -1.35. The molecule has 1 aromatic rings. The highest BCUT2D eigenvalue weighted by atomic mass is 16.2. The first-order valence-corrected chi connectivity index (χ1v) is 7.79. The van der Waals surface area contributed by atoms with Crippen LogP contribution in [0.5, 0.6) is 0 Å². The molecule has 0 aromatic heterocycles. The van der Waals surface area contributed by atoms with E-state index < -0.39 is 0 Å². The highest BCUT2D eigenvalue weighted by Gasteiger charge is 2.34. The summed E-state index contributed by atoms with van der Waals surface area (Å²) in [6.07, 6.45) is 4.34. The first kappa shape index (κ1) is 13.6. The highest BCUT2D eigenvalue weighted by molar-refractivity contribution is 5.83. The molecular formula is C17H24N2O. The van der Waals surface area contributed by atoms with E-state index >= 15 is 0 Å². The Morgan fingerprint density at radius 1 is 1.15 bits per heavy atom. The Morgan fingerprint density at radius 2 is 1.80 bits per heavy atom. The molecule has 3 rings (SSSR count). The van der Waals surface area contributed by atoms with E-state index in [4.69, 9.17) is 0 Å². The van der Waals surface area contributed by atoms with Gasteiger partial charge in [0.05, 0.1) is 6.04 Å². The zero-order chi connectivity index (χ0) is 14.1. The quantitative estimate of drug-likeness (QED) is 0.852. The van der Waals surface area contributed by atoms with Crippen molar-refractivity contribution in [1.29, 1.82) is 0 Å². The molecule has 0 bridgehead atoms. The van der Waals surface area contributed by atoms with Gasteiger partial charge in [0.15, 0.2) is 0 Å².